The van der Waals surface area contributed by atoms with Gasteiger partial charge in [0.05, 0.1) is 0 Å². The van der Waals surface area contributed by atoms with Crippen LogP contribution in [0.4, 0.5) is 0 Å². The summed E-state index contributed by atoms with van der Waals surface area (Å²) < 4.78 is 11.1. The molecule has 124 valence electrons. The Hall–Kier alpha value is -2.63. The van der Waals surface area contributed by atoms with E-state index in [9.17, 15) is 4.79 Å². The van der Waals surface area contributed by atoms with Crippen molar-refractivity contribution in [2.75, 3.05) is 13.1 Å². The molecule has 0 spiro atoms. The largest absolute Gasteiger partial charge is 0.448 e. The predicted molar refractivity (Wildman–Crippen MR) is 87.8 cm³/mol. The Bertz CT molecular complexity index is 826. The summed E-state index contributed by atoms with van der Waals surface area (Å²) in [6.45, 7) is 3.31. The van der Waals surface area contributed by atoms with E-state index in [-0.39, 0.29) is 11.8 Å². The van der Waals surface area contributed by atoms with Crippen molar-refractivity contribution in [3.63, 3.8) is 0 Å². The highest BCUT2D eigenvalue weighted by molar-refractivity contribution is 5.93. The number of hydrogen-bond acceptors (Lipinski definition) is 5. The molecular weight excluding hydrogens is 306 g/mol. The molecule has 0 saturated carbocycles. The maximum atomic E-state index is 12.6. The van der Waals surface area contributed by atoms with Crippen molar-refractivity contribution >= 4 is 17.0 Å². The van der Waals surface area contributed by atoms with Crippen molar-refractivity contribution in [3.05, 3.63) is 48.0 Å². The van der Waals surface area contributed by atoms with Gasteiger partial charge in [-0.3, -0.25) is 4.79 Å². The Labute approximate surface area is 139 Å². The third kappa shape index (κ3) is 2.58. The van der Waals surface area contributed by atoms with E-state index in [1.807, 2.05) is 36.1 Å². The number of aryl methyl sites for hydroxylation is 1. The number of amides is 1. The molecule has 1 fully saturated rings. The summed E-state index contributed by atoms with van der Waals surface area (Å²) in [7, 11) is 0. The van der Waals surface area contributed by atoms with Crippen LogP contribution in [0.1, 0.15) is 47.8 Å². The Kier molecular flexibility index (Phi) is 3.80. The van der Waals surface area contributed by atoms with E-state index in [0.717, 1.165) is 29.8 Å². The zero-order chi connectivity index (χ0) is 16.5. The number of rotatable bonds is 3. The lowest BCUT2D eigenvalue weighted by Gasteiger charge is -2.30. The van der Waals surface area contributed by atoms with Crippen LogP contribution in [-0.2, 0) is 6.42 Å². The molecule has 4 rings (SSSR count). The minimum Gasteiger partial charge on any atom is -0.448 e. The Morgan fingerprint density at radius 2 is 2.08 bits per heavy atom. The van der Waals surface area contributed by atoms with E-state index in [1.165, 1.54) is 6.39 Å². The molecule has 0 aliphatic carbocycles. The smallest absolute Gasteiger partial charge is 0.276 e. The third-order valence-electron chi connectivity index (χ3n) is 4.61. The van der Waals surface area contributed by atoms with Gasteiger partial charge in [0.1, 0.15) is 11.3 Å². The van der Waals surface area contributed by atoms with E-state index in [2.05, 4.69) is 9.97 Å². The summed E-state index contributed by atoms with van der Waals surface area (Å²) in [6, 6.07) is 7.79. The molecule has 0 radical (unpaired) electrons. The van der Waals surface area contributed by atoms with Crippen molar-refractivity contribution in [1.29, 1.82) is 0 Å². The number of piperidine rings is 1. The van der Waals surface area contributed by atoms with E-state index >= 15 is 0 Å². The predicted octanol–water partition coefficient (Wildman–Crippen LogP) is 3.40. The molecule has 0 unspecified atom stereocenters. The molecule has 0 atom stereocenters. The standard InChI is InChI=1S/C18H19N3O3/c1-2-14-16(19-11-23-14)18(22)21-9-7-12(8-10-21)17-20-13-5-3-4-6-15(13)24-17/h3-6,11-12H,2,7-10H2,1H3. The molecule has 0 N–H and O–H groups in total. The van der Waals surface area contributed by atoms with Gasteiger partial charge in [0, 0.05) is 25.4 Å². The van der Waals surface area contributed by atoms with Crippen LogP contribution in [0, 0.1) is 0 Å². The van der Waals surface area contributed by atoms with Crippen LogP contribution in [0.3, 0.4) is 0 Å². The van der Waals surface area contributed by atoms with Gasteiger partial charge in [0.25, 0.3) is 5.91 Å². The fourth-order valence-electron chi connectivity index (χ4n) is 3.24. The van der Waals surface area contributed by atoms with Crippen LogP contribution in [0.2, 0.25) is 0 Å². The Morgan fingerprint density at radius 1 is 1.29 bits per heavy atom. The van der Waals surface area contributed by atoms with Gasteiger partial charge in [-0.25, -0.2) is 9.97 Å². The van der Waals surface area contributed by atoms with Crippen LogP contribution in [-0.4, -0.2) is 33.9 Å². The molecule has 1 aromatic carbocycles. The minimum atomic E-state index is -0.0448. The zero-order valence-corrected chi connectivity index (χ0v) is 13.6. The first-order valence-corrected chi connectivity index (χ1v) is 8.33. The summed E-state index contributed by atoms with van der Waals surface area (Å²) in [5, 5.41) is 0. The lowest BCUT2D eigenvalue weighted by molar-refractivity contribution is 0.0699. The average molecular weight is 325 g/mol. The molecule has 0 bridgehead atoms. The van der Waals surface area contributed by atoms with Crippen LogP contribution in [0.15, 0.2) is 39.5 Å². The number of para-hydroxylation sites is 2. The second-order valence-electron chi connectivity index (χ2n) is 6.06. The van der Waals surface area contributed by atoms with Gasteiger partial charge in [-0.05, 0) is 25.0 Å². The van der Waals surface area contributed by atoms with Gasteiger partial charge in [-0.15, -0.1) is 0 Å². The SMILES string of the molecule is CCc1ocnc1C(=O)N1CCC(c2nc3ccccc3o2)CC1. The highest BCUT2D eigenvalue weighted by atomic mass is 16.3. The molecule has 24 heavy (non-hydrogen) atoms. The van der Waals surface area contributed by atoms with Crippen LogP contribution < -0.4 is 0 Å². The number of likely N-dealkylation sites (tertiary alicyclic amines) is 1. The molecule has 3 heterocycles. The monoisotopic (exact) mass is 325 g/mol. The molecular formula is C18H19N3O3. The van der Waals surface area contributed by atoms with Crippen molar-refractivity contribution in [3.8, 4) is 0 Å². The van der Waals surface area contributed by atoms with E-state index in [0.29, 0.717) is 31.0 Å². The summed E-state index contributed by atoms with van der Waals surface area (Å²) in [5.74, 6) is 1.64. The number of hydrogen-bond donors (Lipinski definition) is 0. The van der Waals surface area contributed by atoms with Gasteiger partial charge in [0.2, 0.25) is 0 Å². The quantitative estimate of drug-likeness (QED) is 0.738. The Morgan fingerprint density at radius 3 is 2.83 bits per heavy atom. The first-order valence-electron chi connectivity index (χ1n) is 8.33. The molecule has 1 saturated heterocycles. The summed E-state index contributed by atoms with van der Waals surface area (Å²) >= 11 is 0. The number of nitrogens with zero attached hydrogens (tertiary/aromatic N) is 3. The highest BCUT2D eigenvalue weighted by Crippen LogP contribution is 2.30. The number of carbonyl (C=O) groups is 1. The number of aromatic nitrogens is 2. The second-order valence-corrected chi connectivity index (χ2v) is 6.06. The van der Waals surface area contributed by atoms with Crippen molar-refractivity contribution in [2.24, 2.45) is 0 Å². The number of benzene rings is 1. The molecule has 1 aliphatic heterocycles. The number of carbonyl (C=O) groups excluding carboxylic acids is 1. The topological polar surface area (TPSA) is 72.4 Å². The molecule has 3 aromatic rings. The van der Waals surface area contributed by atoms with E-state index in [1.54, 1.807) is 0 Å². The first-order chi connectivity index (χ1) is 11.8. The fourth-order valence-corrected chi connectivity index (χ4v) is 3.24. The molecule has 6 heteroatoms. The summed E-state index contributed by atoms with van der Waals surface area (Å²) in [5.41, 5.74) is 2.15. The van der Waals surface area contributed by atoms with Gasteiger partial charge >= 0.3 is 0 Å². The van der Waals surface area contributed by atoms with Gasteiger partial charge in [-0.1, -0.05) is 19.1 Å². The minimum absolute atomic E-state index is 0.0448. The number of oxazole rings is 2. The first kappa shape index (κ1) is 14.9. The maximum absolute atomic E-state index is 12.6. The molecule has 1 aliphatic rings. The average Bonchev–Trinajstić information content (AvgIpc) is 3.27. The van der Waals surface area contributed by atoms with Crippen LogP contribution in [0.25, 0.3) is 11.1 Å². The van der Waals surface area contributed by atoms with Crippen LogP contribution in [0.5, 0.6) is 0 Å². The summed E-state index contributed by atoms with van der Waals surface area (Å²) in [6.07, 6.45) is 3.70. The molecule has 2 aromatic heterocycles. The second kappa shape index (κ2) is 6.11. The maximum Gasteiger partial charge on any atom is 0.276 e. The molecule has 1 amide bonds. The van der Waals surface area contributed by atoms with E-state index < -0.39 is 0 Å². The van der Waals surface area contributed by atoms with Gasteiger partial charge in [-0.2, -0.15) is 0 Å². The van der Waals surface area contributed by atoms with E-state index in [4.69, 9.17) is 8.83 Å². The van der Waals surface area contributed by atoms with Crippen LogP contribution >= 0.6 is 0 Å². The van der Waals surface area contributed by atoms with Crippen molar-refractivity contribution in [1.82, 2.24) is 14.9 Å². The zero-order valence-electron chi connectivity index (χ0n) is 13.6. The highest BCUT2D eigenvalue weighted by Gasteiger charge is 2.29. The number of fused-ring (bicyclic) bond motifs is 1. The van der Waals surface area contributed by atoms with Crippen molar-refractivity contribution < 1.29 is 13.6 Å². The molecule has 6 nitrogen and oxygen atoms in total. The lowest BCUT2D eigenvalue weighted by atomic mass is 9.96. The normalized spacial score (nSPS) is 16.0. The third-order valence-corrected chi connectivity index (χ3v) is 4.61. The lowest BCUT2D eigenvalue weighted by Crippen LogP contribution is -2.38. The fraction of sp³-hybridized carbons (Fsp3) is 0.389. The van der Waals surface area contributed by atoms with Gasteiger partial charge < -0.3 is 13.7 Å². The Balaban J connectivity index is 1.45. The van der Waals surface area contributed by atoms with Crippen molar-refractivity contribution in [2.45, 2.75) is 32.1 Å². The van der Waals surface area contributed by atoms with Gasteiger partial charge in [0.15, 0.2) is 23.6 Å². The summed E-state index contributed by atoms with van der Waals surface area (Å²) in [4.78, 5) is 23.1.